The fourth-order valence-electron chi connectivity index (χ4n) is 2.13. The highest BCUT2D eigenvalue weighted by molar-refractivity contribution is 5.80. The molecule has 2 N–H and O–H groups in total. The summed E-state index contributed by atoms with van der Waals surface area (Å²) in [4.78, 5) is 4.23. The number of guanidine groups is 1. The first-order valence-corrected chi connectivity index (χ1v) is 7.08. The average Bonchev–Trinajstić information content (AvgIpc) is 2.96. The molecule has 0 saturated heterocycles. The van der Waals surface area contributed by atoms with Crippen LogP contribution in [0.5, 0.6) is 5.75 Å². The van der Waals surface area contributed by atoms with Gasteiger partial charge in [-0.15, -0.1) is 10.2 Å². The van der Waals surface area contributed by atoms with Crippen molar-refractivity contribution in [3.05, 3.63) is 42.0 Å². The molecule has 118 valence electrons. The first-order valence-electron chi connectivity index (χ1n) is 7.08. The summed E-state index contributed by atoms with van der Waals surface area (Å²) in [6, 6.07) is 7.99. The summed E-state index contributed by atoms with van der Waals surface area (Å²) in [5.74, 6) is 2.39. The highest BCUT2D eigenvalue weighted by atomic mass is 16.5. The lowest BCUT2D eigenvalue weighted by molar-refractivity contribution is 0.405. The third kappa shape index (κ3) is 3.75. The number of nitrogens with one attached hydrogen (secondary N) is 2. The van der Waals surface area contributed by atoms with E-state index in [1.807, 2.05) is 35.9 Å². The molecule has 1 heterocycles. The molecule has 0 aliphatic heterocycles. The van der Waals surface area contributed by atoms with Crippen LogP contribution in [0.2, 0.25) is 0 Å². The van der Waals surface area contributed by atoms with Crippen LogP contribution < -0.4 is 15.4 Å². The largest absolute Gasteiger partial charge is 0.496 e. The molecular weight excluding hydrogens is 280 g/mol. The lowest BCUT2D eigenvalue weighted by Gasteiger charge is -2.20. The molecule has 7 heteroatoms. The molecule has 0 spiro atoms. The summed E-state index contributed by atoms with van der Waals surface area (Å²) in [6.07, 6.45) is 1.67. The molecule has 1 aromatic carbocycles. The molecule has 1 atom stereocenters. The van der Waals surface area contributed by atoms with Gasteiger partial charge in [-0.25, -0.2) is 0 Å². The van der Waals surface area contributed by atoms with Crippen LogP contribution in [0.1, 0.15) is 24.4 Å². The van der Waals surface area contributed by atoms with Gasteiger partial charge in [-0.05, 0) is 13.0 Å². The molecular formula is C15H22N6O. The zero-order valence-corrected chi connectivity index (χ0v) is 13.4. The van der Waals surface area contributed by atoms with Crippen LogP contribution in [0.15, 0.2) is 35.6 Å². The Kier molecular flexibility index (Phi) is 5.35. The van der Waals surface area contributed by atoms with Crippen LogP contribution in [0.3, 0.4) is 0 Å². The number of rotatable bonds is 5. The van der Waals surface area contributed by atoms with E-state index in [2.05, 4.69) is 32.7 Å². The van der Waals surface area contributed by atoms with E-state index in [1.54, 1.807) is 20.5 Å². The summed E-state index contributed by atoms with van der Waals surface area (Å²) in [6.45, 7) is 2.61. The number of methoxy groups -OCH3 is 1. The monoisotopic (exact) mass is 302 g/mol. The number of hydrogen-bond acceptors (Lipinski definition) is 4. The maximum Gasteiger partial charge on any atom is 0.191 e. The molecule has 0 saturated carbocycles. The second-order valence-corrected chi connectivity index (χ2v) is 4.89. The molecule has 1 aromatic heterocycles. The number of hydrogen-bond donors (Lipinski definition) is 2. The van der Waals surface area contributed by atoms with Crippen molar-refractivity contribution < 1.29 is 4.74 Å². The van der Waals surface area contributed by atoms with Crippen molar-refractivity contribution in [2.24, 2.45) is 12.0 Å². The quantitative estimate of drug-likeness (QED) is 0.642. The van der Waals surface area contributed by atoms with Crippen molar-refractivity contribution in [3.8, 4) is 5.75 Å². The smallest absolute Gasteiger partial charge is 0.191 e. The normalized spacial score (nSPS) is 12.8. The van der Waals surface area contributed by atoms with E-state index >= 15 is 0 Å². The second kappa shape index (κ2) is 7.44. The van der Waals surface area contributed by atoms with E-state index in [4.69, 9.17) is 4.74 Å². The topological polar surface area (TPSA) is 76.4 Å². The van der Waals surface area contributed by atoms with Gasteiger partial charge >= 0.3 is 0 Å². The number of para-hydroxylation sites is 1. The highest BCUT2D eigenvalue weighted by Crippen LogP contribution is 2.24. The van der Waals surface area contributed by atoms with Crippen LogP contribution in [-0.4, -0.2) is 34.9 Å². The lowest BCUT2D eigenvalue weighted by Crippen LogP contribution is -2.38. The van der Waals surface area contributed by atoms with Gasteiger partial charge in [0.25, 0.3) is 0 Å². The first kappa shape index (κ1) is 15.8. The number of aromatic nitrogens is 3. The highest BCUT2D eigenvalue weighted by Gasteiger charge is 2.12. The Morgan fingerprint density at radius 3 is 2.82 bits per heavy atom. The number of benzene rings is 1. The standard InChI is InChI=1S/C15H22N6O/c1-11(12-7-5-6-8-13(12)22-4)19-15(16-2)17-9-14-20-18-10-21(14)3/h5-8,10-11H,9H2,1-4H3,(H2,16,17,19)/t11-/m1/s1. The van der Waals surface area contributed by atoms with E-state index in [9.17, 15) is 0 Å². The molecule has 2 aromatic rings. The summed E-state index contributed by atoms with van der Waals surface area (Å²) in [7, 11) is 5.32. The Morgan fingerprint density at radius 1 is 1.41 bits per heavy atom. The molecule has 0 unspecified atom stereocenters. The number of nitrogens with zero attached hydrogens (tertiary/aromatic N) is 4. The predicted octanol–water partition coefficient (Wildman–Crippen LogP) is 1.25. The Morgan fingerprint density at radius 2 is 2.18 bits per heavy atom. The number of ether oxygens (including phenoxy) is 1. The van der Waals surface area contributed by atoms with Gasteiger partial charge in [-0.1, -0.05) is 18.2 Å². The third-order valence-electron chi connectivity index (χ3n) is 3.40. The molecule has 0 radical (unpaired) electrons. The minimum Gasteiger partial charge on any atom is -0.496 e. The van der Waals surface area contributed by atoms with Crippen LogP contribution in [0, 0.1) is 0 Å². The van der Waals surface area contributed by atoms with Gasteiger partial charge in [0.15, 0.2) is 11.8 Å². The Labute approximate surface area is 130 Å². The fraction of sp³-hybridized carbons (Fsp3) is 0.400. The fourth-order valence-corrected chi connectivity index (χ4v) is 2.13. The minimum atomic E-state index is 0.0573. The van der Waals surface area contributed by atoms with Crippen molar-refractivity contribution >= 4 is 5.96 Å². The Hall–Kier alpha value is -2.57. The Bertz CT molecular complexity index is 636. The van der Waals surface area contributed by atoms with Gasteiger partial charge < -0.3 is 19.9 Å². The molecule has 0 amide bonds. The molecule has 7 nitrogen and oxygen atoms in total. The van der Waals surface area contributed by atoms with Crippen LogP contribution in [-0.2, 0) is 13.6 Å². The summed E-state index contributed by atoms with van der Waals surface area (Å²) < 4.78 is 7.26. The second-order valence-electron chi connectivity index (χ2n) is 4.89. The molecule has 0 aliphatic rings. The van der Waals surface area contributed by atoms with E-state index in [0.717, 1.165) is 17.1 Å². The van der Waals surface area contributed by atoms with Gasteiger partial charge in [-0.2, -0.15) is 0 Å². The van der Waals surface area contributed by atoms with Crippen molar-refractivity contribution in [2.75, 3.05) is 14.2 Å². The molecule has 2 rings (SSSR count). The van der Waals surface area contributed by atoms with Gasteiger partial charge in [0, 0.05) is 19.7 Å². The lowest BCUT2D eigenvalue weighted by atomic mass is 10.1. The van der Waals surface area contributed by atoms with Gasteiger partial charge in [0.1, 0.15) is 12.1 Å². The third-order valence-corrected chi connectivity index (χ3v) is 3.40. The Balaban J connectivity index is 1.99. The first-order chi connectivity index (χ1) is 10.7. The van der Waals surface area contributed by atoms with E-state index in [1.165, 1.54) is 0 Å². The number of aliphatic imine (C=N–C) groups is 1. The van der Waals surface area contributed by atoms with Gasteiger partial charge in [0.2, 0.25) is 0 Å². The summed E-state index contributed by atoms with van der Waals surface area (Å²) >= 11 is 0. The van der Waals surface area contributed by atoms with Crippen molar-refractivity contribution in [1.82, 2.24) is 25.4 Å². The molecule has 0 bridgehead atoms. The van der Waals surface area contributed by atoms with Crippen molar-refractivity contribution in [3.63, 3.8) is 0 Å². The predicted molar refractivity (Wildman–Crippen MR) is 85.7 cm³/mol. The van der Waals surface area contributed by atoms with Crippen LogP contribution >= 0.6 is 0 Å². The summed E-state index contributed by atoms with van der Waals surface area (Å²) in [5, 5.41) is 14.5. The summed E-state index contributed by atoms with van der Waals surface area (Å²) in [5.41, 5.74) is 1.08. The van der Waals surface area contributed by atoms with Gasteiger partial charge in [-0.3, -0.25) is 4.99 Å². The maximum absolute atomic E-state index is 5.39. The zero-order chi connectivity index (χ0) is 15.9. The SMILES string of the molecule is CN=C(NCc1nncn1C)N[C@H](C)c1ccccc1OC. The average molecular weight is 302 g/mol. The zero-order valence-electron chi connectivity index (χ0n) is 13.4. The van der Waals surface area contributed by atoms with E-state index < -0.39 is 0 Å². The maximum atomic E-state index is 5.39. The van der Waals surface area contributed by atoms with E-state index in [0.29, 0.717) is 12.5 Å². The van der Waals surface area contributed by atoms with Crippen LogP contribution in [0.4, 0.5) is 0 Å². The van der Waals surface area contributed by atoms with Gasteiger partial charge in [0.05, 0.1) is 19.7 Å². The van der Waals surface area contributed by atoms with Crippen molar-refractivity contribution in [1.29, 1.82) is 0 Å². The molecule has 22 heavy (non-hydrogen) atoms. The minimum absolute atomic E-state index is 0.0573. The van der Waals surface area contributed by atoms with E-state index in [-0.39, 0.29) is 6.04 Å². The van der Waals surface area contributed by atoms with Crippen molar-refractivity contribution in [2.45, 2.75) is 19.5 Å². The molecule has 0 fully saturated rings. The number of aryl methyl sites for hydroxylation is 1. The molecule has 0 aliphatic carbocycles. The van der Waals surface area contributed by atoms with Crippen LogP contribution in [0.25, 0.3) is 0 Å².